The lowest BCUT2D eigenvalue weighted by Crippen LogP contribution is -2.21. The normalized spacial score (nSPS) is 10.2. The van der Waals surface area contributed by atoms with Gasteiger partial charge >= 0.3 is 0 Å². The number of rotatable bonds is 5. The predicted molar refractivity (Wildman–Crippen MR) is 82.3 cm³/mol. The van der Waals surface area contributed by atoms with Crippen molar-refractivity contribution in [1.29, 1.82) is 0 Å². The molecule has 1 amide bonds. The summed E-state index contributed by atoms with van der Waals surface area (Å²) in [6.07, 6.45) is 1.08. The van der Waals surface area contributed by atoms with Gasteiger partial charge in [-0.3, -0.25) is 4.79 Å². The van der Waals surface area contributed by atoms with E-state index in [1.54, 1.807) is 0 Å². The van der Waals surface area contributed by atoms with Crippen LogP contribution < -0.4 is 5.32 Å². The molecule has 21 heavy (non-hydrogen) atoms. The van der Waals surface area contributed by atoms with Crippen LogP contribution in [0, 0.1) is 11.6 Å². The zero-order chi connectivity index (χ0) is 15.2. The van der Waals surface area contributed by atoms with Crippen molar-refractivity contribution in [2.45, 2.75) is 12.8 Å². The third-order valence-corrected chi connectivity index (χ3v) is 3.30. The molecule has 108 valence electrons. The quantitative estimate of drug-likeness (QED) is 0.849. The van der Waals surface area contributed by atoms with E-state index < -0.39 is 17.5 Å². The number of halogens is 2. The third-order valence-electron chi connectivity index (χ3n) is 2.91. The molecule has 0 aliphatic rings. The predicted octanol–water partition coefficient (Wildman–Crippen LogP) is 3.91. The molecule has 0 aromatic heterocycles. The first-order valence-electron chi connectivity index (χ1n) is 6.39. The lowest BCUT2D eigenvalue weighted by atomic mass is 10.1. The van der Waals surface area contributed by atoms with Crippen LogP contribution >= 0.6 is 12.2 Å². The lowest BCUT2D eigenvalue weighted by Gasteiger charge is -2.07. The molecule has 2 nitrogen and oxygen atoms in total. The van der Waals surface area contributed by atoms with Crippen molar-refractivity contribution in [2.75, 3.05) is 5.32 Å². The number of nitrogens with one attached hydrogen (secondary N) is 1. The Labute approximate surface area is 126 Å². The molecule has 0 fully saturated rings. The fourth-order valence-electron chi connectivity index (χ4n) is 1.79. The molecule has 0 heterocycles. The van der Waals surface area contributed by atoms with Crippen molar-refractivity contribution < 1.29 is 13.6 Å². The van der Waals surface area contributed by atoms with E-state index in [0.29, 0.717) is 12.8 Å². The van der Waals surface area contributed by atoms with Gasteiger partial charge in [-0.2, -0.15) is 0 Å². The SMILES string of the molecule is O=C(Nc1ccc(F)c(F)c1)C(=S)CCc1ccccc1. The number of hydrogen-bond acceptors (Lipinski definition) is 2. The summed E-state index contributed by atoms with van der Waals surface area (Å²) >= 11 is 5.05. The van der Waals surface area contributed by atoms with Crippen LogP contribution in [-0.2, 0) is 11.2 Å². The molecular formula is C16H13F2NOS. The average molecular weight is 305 g/mol. The van der Waals surface area contributed by atoms with Crippen LogP contribution in [0.25, 0.3) is 0 Å². The number of aryl methyl sites for hydroxylation is 1. The zero-order valence-electron chi connectivity index (χ0n) is 11.1. The second-order valence-corrected chi connectivity index (χ2v) is 4.98. The molecule has 0 aliphatic heterocycles. The summed E-state index contributed by atoms with van der Waals surface area (Å²) in [6.45, 7) is 0. The minimum absolute atomic E-state index is 0.181. The second-order valence-electron chi connectivity index (χ2n) is 4.49. The van der Waals surface area contributed by atoms with Gasteiger partial charge in [0, 0.05) is 11.8 Å². The Morgan fingerprint density at radius 1 is 1.05 bits per heavy atom. The topological polar surface area (TPSA) is 29.1 Å². The van der Waals surface area contributed by atoms with Gasteiger partial charge < -0.3 is 5.32 Å². The smallest absolute Gasteiger partial charge is 0.262 e. The number of hydrogen-bond donors (Lipinski definition) is 1. The molecule has 0 spiro atoms. The van der Waals surface area contributed by atoms with Crippen molar-refractivity contribution in [1.82, 2.24) is 0 Å². The fraction of sp³-hybridized carbons (Fsp3) is 0.125. The van der Waals surface area contributed by atoms with E-state index in [1.807, 2.05) is 30.3 Å². The van der Waals surface area contributed by atoms with Gasteiger partial charge in [0.2, 0.25) is 0 Å². The van der Waals surface area contributed by atoms with E-state index in [0.717, 1.165) is 17.7 Å². The van der Waals surface area contributed by atoms with Gasteiger partial charge in [-0.25, -0.2) is 8.78 Å². The van der Waals surface area contributed by atoms with Gasteiger partial charge in [0.05, 0.1) is 4.86 Å². The molecule has 2 rings (SSSR count). The highest BCUT2D eigenvalue weighted by atomic mass is 32.1. The molecular weight excluding hydrogens is 292 g/mol. The first kappa shape index (κ1) is 15.3. The lowest BCUT2D eigenvalue weighted by molar-refractivity contribution is -0.110. The zero-order valence-corrected chi connectivity index (χ0v) is 11.9. The first-order chi connectivity index (χ1) is 10.1. The van der Waals surface area contributed by atoms with Gasteiger partial charge in [-0.15, -0.1) is 0 Å². The summed E-state index contributed by atoms with van der Waals surface area (Å²) in [6, 6.07) is 12.8. The Morgan fingerprint density at radius 2 is 1.76 bits per heavy atom. The van der Waals surface area contributed by atoms with Crippen LogP contribution in [0.15, 0.2) is 48.5 Å². The maximum atomic E-state index is 13.0. The summed E-state index contributed by atoms with van der Waals surface area (Å²) in [5.74, 6) is -2.44. The number of thiocarbonyl (C=S) groups is 1. The Balaban J connectivity index is 1.90. The average Bonchev–Trinajstić information content (AvgIpc) is 2.49. The summed E-state index contributed by atoms with van der Waals surface area (Å²) in [5, 5.41) is 2.46. The Bertz CT molecular complexity index is 659. The standard InChI is InChI=1S/C16H13F2NOS/c17-13-8-7-12(10-14(13)18)19-16(20)15(21)9-6-11-4-2-1-3-5-11/h1-5,7-8,10H,6,9H2,(H,19,20). The molecule has 0 radical (unpaired) electrons. The fourth-order valence-corrected chi connectivity index (χ4v) is 1.94. The van der Waals surface area contributed by atoms with E-state index in [4.69, 9.17) is 12.2 Å². The molecule has 1 N–H and O–H groups in total. The maximum absolute atomic E-state index is 13.0. The van der Waals surface area contributed by atoms with Gasteiger partial charge in [0.25, 0.3) is 5.91 Å². The molecule has 0 saturated heterocycles. The van der Waals surface area contributed by atoms with Crippen molar-refractivity contribution >= 4 is 28.7 Å². The van der Waals surface area contributed by atoms with Crippen molar-refractivity contribution in [3.63, 3.8) is 0 Å². The summed E-state index contributed by atoms with van der Waals surface area (Å²) in [7, 11) is 0. The number of anilines is 1. The van der Waals surface area contributed by atoms with Crippen LogP contribution in [0.3, 0.4) is 0 Å². The Kier molecular flexibility index (Phi) is 5.11. The molecule has 2 aromatic rings. The van der Waals surface area contributed by atoms with E-state index in [-0.39, 0.29) is 10.6 Å². The minimum atomic E-state index is -1.01. The summed E-state index contributed by atoms with van der Waals surface area (Å²) in [4.78, 5) is 12.1. The molecule has 0 aliphatic carbocycles. The molecule has 0 unspecified atom stereocenters. The largest absolute Gasteiger partial charge is 0.321 e. The van der Waals surface area contributed by atoms with E-state index in [9.17, 15) is 13.6 Å². The minimum Gasteiger partial charge on any atom is -0.321 e. The molecule has 0 saturated carbocycles. The number of carbonyl (C=O) groups is 1. The van der Waals surface area contributed by atoms with Crippen LogP contribution in [0.1, 0.15) is 12.0 Å². The van der Waals surface area contributed by atoms with E-state index in [2.05, 4.69) is 5.32 Å². The number of carbonyl (C=O) groups excluding carboxylic acids is 1. The van der Waals surface area contributed by atoms with Crippen LogP contribution in [0.2, 0.25) is 0 Å². The van der Waals surface area contributed by atoms with Crippen molar-refractivity contribution in [3.05, 3.63) is 65.7 Å². The Hall–Kier alpha value is -2.14. The second kappa shape index (κ2) is 7.04. The van der Waals surface area contributed by atoms with Gasteiger partial charge in [-0.1, -0.05) is 42.5 Å². The summed E-state index contributed by atoms with van der Waals surface area (Å²) < 4.78 is 25.8. The molecule has 5 heteroatoms. The number of amides is 1. The van der Waals surface area contributed by atoms with Crippen LogP contribution in [-0.4, -0.2) is 10.8 Å². The molecule has 0 atom stereocenters. The van der Waals surface area contributed by atoms with Gasteiger partial charge in [0.1, 0.15) is 0 Å². The van der Waals surface area contributed by atoms with Crippen LogP contribution in [0.4, 0.5) is 14.5 Å². The third kappa shape index (κ3) is 4.43. The highest BCUT2D eigenvalue weighted by Crippen LogP contribution is 2.13. The van der Waals surface area contributed by atoms with Crippen molar-refractivity contribution in [2.24, 2.45) is 0 Å². The highest BCUT2D eigenvalue weighted by molar-refractivity contribution is 7.82. The van der Waals surface area contributed by atoms with Gasteiger partial charge in [-0.05, 0) is 30.5 Å². The van der Waals surface area contributed by atoms with Gasteiger partial charge in [0.15, 0.2) is 11.6 Å². The van der Waals surface area contributed by atoms with Crippen LogP contribution in [0.5, 0.6) is 0 Å². The monoisotopic (exact) mass is 305 g/mol. The van der Waals surface area contributed by atoms with E-state index in [1.165, 1.54) is 6.07 Å². The first-order valence-corrected chi connectivity index (χ1v) is 6.80. The maximum Gasteiger partial charge on any atom is 0.262 e. The molecule has 0 bridgehead atoms. The van der Waals surface area contributed by atoms with E-state index >= 15 is 0 Å². The number of benzene rings is 2. The highest BCUT2D eigenvalue weighted by Gasteiger charge is 2.11. The van der Waals surface area contributed by atoms with Crippen molar-refractivity contribution in [3.8, 4) is 0 Å². The Morgan fingerprint density at radius 3 is 2.43 bits per heavy atom. The molecule has 2 aromatic carbocycles. The summed E-state index contributed by atoms with van der Waals surface area (Å²) in [5.41, 5.74) is 1.27.